The molecular weight excluding hydrogens is 388 g/mol. The highest BCUT2D eigenvalue weighted by molar-refractivity contribution is 7.99. The molecule has 0 saturated heterocycles. The molecule has 0 fully saturated rings. The van der Waals surface area contributed by atoms with Crippen LogP contribution in [-0.4, -0.2) is 36.0 Å². The molecule has 0 saturated carbocycles. The van der Waals surface area contributed by atoms with E-state index >= 15 is 0 Å². The van der Waals surface area contributed by atoms with Gasteiger partial charge in [0.2, 0.25) is 0 Å². The normalized spacial score (nSPS) is 10.8. The number of hydrogen-bond acceptors (Lipinski definition) is 7. The number of ether oxygens (including phenoxy) is 2. The number of Topliss-reactive ketones (excluding diaryl/α,β-unsaturated/α-hetero) is 1. The largest absolute Gasteiger partial charge is 0.497 e. The van der Waals surface area contributed by atoms with Gasteiger partial charge in [-0.05, 0) is 62.1 Å². The number of benzene rings is 2. The number of hydrogen-bond donors (Lipinski definition) is 0. The number of rotatable bonds is 7. The minimum atomic E-state index is 0.0542. The lowest BCUT2D eigenvalue weighted by molar-refractivity contribution is 0.102. The Morgan fingerprint density at radius 2 is 1.69 bits per heavy atom. The Morgan fingerprint density at radius 1 is 1.00 bits per heavy atom. The van der Waals surface area contributed by atoms with Crippen LogP contribution in [0, 0.1) is 27.7 Å². The molecule has 7 heteroatoms. The Hall–Kier alpha value is -2.80. The SMILES string of the molecule is COc1ccc(-c2nnc(SCC(=O)c3c(C)c(C)cc(C)c3C)o2)c(OC)c1. The van der Waals surface area contributed by atoms with Gasteiger partial charge in [-0.25, -0.2) is 0 Å². The molecule has 0 amide bonds. The van der Waals surface area contributed by atoms with Crippen molar-refractivity contribution in [2.24, 2.45) is 0 Å². The second-order valence-corrected chi connectivity index (χ2v) is 7.71. The van der Waals surface area contributed by atoms with Crippen LogP contribution in [0.1, 0.15) is 32.6 Å². The lowest BCUT2D eigenvalue weighted by Gasteiger charge is -2.13. The van der Waals surface area contributed by atoms with Crippen LogP contribution in [0.3, 0.4) is 0 Å². The number of carbonyl (C=O) groups excluding carboxylic acids is 1. The van der Waals surface area contributed by atoms with Crippen molar-refractivity contribution < 1.29 is 18.7 Å². The summed E-state index contributed by atoms with van der Waals surface area (Å²) in [7, 11) is 3.16. The van der Waals surface area contributed by atoms with Gasteiger partial charge >= 0.3 is 0 Å². The molecule has 6 nitrogen and oxygen atoms in total. The fourth-order valence-electron chi connectivity index (χ4n) is 3.19. The average molecular weight is 413 g/mol. The van der Waals surface area contributed by atoms with Gasteiger partial charge in [0.05, 0.1) is 25.5 Å². The topological polar surface area (TPSA) is 74.5 Å². The molecule has 0 atom stereocenters. The summed E-state index contributed by atoms with van der Waals surface area (Å²) in [6.45, 7) is 8.03. The third-order valence-corrected chi connectivity index (χ3v) is 5.84. The fourth-order valence-corrected chi connectivity index (χ4v) is 3.82. The number of methoxy groups -OCH3 is 2. The zero-order valence-corrected chi connectivity index (χ0v) is 18.3. The minimum Gasteiger partial charge on any atom is -0.497 e. The van der Waals surface area contributed by atoms with E-state index < -0.39 is 0 Å². The Kier molecular flexibility index (Phi) is 6.27. The average Bonchev–Trinajstić information content (AvgIpc) is 3.19. The van der Waals surface area contributed by atoms with Gasteiger partial charge in [0.25, 0.3) is 11.1 Å². The summed E-state index contributed by atoms with van der Waals surface area (Å²) >= 11 is 1.23. The Bertz CT molecular complexity index is 1030. The maximum atomic E-state index is 12.9. The molecule has 0 spiro atoms. The molecule has 1 heterocycles. The van der Waals surface area contributed by atoms with Crippen molar-refractivity contribution in [3.05, 3.63) is 52.1 Å². The molecule has 29 heavy (non-hydrogen) atoms. The van der Waals surface area contributed by atoms with E-state index in [4.69, 9.17) is 13.9 Å². The van der Waals surface area contributed by atoms with E-state index in [9.17, 15) is 4.79 Å². The van der Waals surface area contributed by atoms with E-state index in [1.165, 1.54) is 11.8 Å². The molecule has 152 valence electrons. The summed E-state index contributed by atoms with van der Waals surface area (Å²) in [4.78, 5) is 12.9. The summed E-state index contributed by atoms with van der Waals surface area (Å²) < 4.78 is 16.3. The molecule has 0 bridgehead atoms. The molecule has 0 aliphatic carbocycles. The first kappa shape index (κ1) is 20.9. The smallest absolute Gasteiger partial charge is 0.277 e. The van der Waals surface area contributed by atoms with Gasteiger partial charge in [0, 0.05) is 11.6 Å². The third kappa shape index (κ3) is 4.29. The summed E-state index contributed by atoms with van der Waals surface area (Å²) in [5.74, 6) is 1.86. The van der Waals surface area contributed by atoms with Crippen LogP contribution in [0.4, 0.5) is 0 Å². The van der Waals surface area contributed by atoms with Crippen molar-refractivity contribution in [3.63, 3.8) is 0 Å². The molecule has 2 aromatic carbocycles. The van der Waals surface area contributed by atoms with Crippen LogP contribution < -0.4 is 9.47 Å². The number of carbonyl (C=O) groups is 1. The monoisotopic (exact) mass is 412 g/mol. The van der Waals surface area contributed by atoms with Gasteiger partial charge in [-0.2, -0.15) is 0 Å². The van der Waals surface area contributed by atoms with Crippen LogP contribution >= 0.6 is 11.8 Å². The number of aryl methyl sites for hydroxylation is 2. The Balaban J connectivity index is 1.78. The number of ketones is 1. The first-order chi connectivity index (χ1) is 13.8. The van der Waals surface area contributed by atoms with E-state index in [-0.39, 0.29) is 11.5 Å². The molecule has 3 aromatic rings. The van der Waals surface area contributed by atoms with Crippen LogP contribution in [0.15, 0.2) is 33.9 Å². The molecular formula is C22H24N2O4S. The first-order valence-electron chi connectivity index (χ1n) is 9.15. The van der Waals surface area contributed by atoms with Gasteiger partial charge in [-0.3, -0.25) is 4.79 Å². The van der Waals surface area contributed by atoms with Crippen molar-refractivity contribution in [1.82, 2.24) is 10.2 Å². The highest BCUT2D eigenvalue weighted by atomic mass is 32.2. The van der Waals surface area contributed by atoms with Gasteiger partial charge < -0.3 is 13.9 Å². The summed E-state index contributed by atoms with van der Waals surface area (Å²) in [5, 5.41) is 8.50. The maximum Gasteiger partial charge on any atom is 0.277 e. The molecule has 0 aliphatic rings. The van der Waals surface area contributed by atoms with Gasteiger partial charge in [-0.1, -0.05) is 17.8 Å². The van der Waals surface area contributed by atoms with Crippen LogP contribution in [0.25, 0.3) is 11.5 Å². The molecule has 0 unspecified atom stereocenters. The number of nitrogens with zero attached hydrogens (tertiary/aromatic N) is 2. The van der Waals surface area contributed by atoms with E-state index in [2.05, 4.69) is 16.3 Å². The van der Waals surface area contributed by atoms with Crippen LogP contribution in [0.2, 0.25) is 0 Å². The van der Waals surface area contributed by atoms with Crippen molar-refractivity contribution in [1.29, 1.82) is 0 Å². The van der Waals surface area contributed by atoms with Crippen LogP contribution in [0.5, 0.6) is 11.5 Å². The summed E-state index contributed by atoms with van der Waals surface area (Å²) in [5.41, 5.74) is 5.73. The van der Waals surface area contributed by atoms with Crippen molar-refractivity contribution in [3.8, 4) is 23.0 Å². The summed E-state index contributed by atoms with van der Waals surface area (Å²) in [6.07, 6.45) is 0. The second kappa shape index (κ2) is 8.69. The zero-order chi connectivity index (χ0) is 21.1. The molecule has 0 aliphatic heterocycles. The minimum absolute atomic E-state index is 0.0542. The van der Waals surface area contributed by atoms with Crippen molar-refractivity contribution in [2.75, 3.05) is 20.0 Å². The molecule has 1 aromatic heterocycles. The quantitative estimate of drug-likeness (QED) is 0.401. The lowest BCUT2D eigenvalue weighted by atomic mass is 9.92. The zero-order valence-electron chi connectivity index (χ0n) is 17.5. The standard InChI is InChI=1S/C22H24N2O4S/c1-12-9-13(2)15(4)20(14(12)3)18(25)11-29-22-24-23-21(28-22)17-8-7-16(26-5)10-19(17)27-6/h7-10H,11H2,1-6H3. The summed E-state index contributed by atoms with van der Waals surface area (Å²) in [6, 6.07) is 7.46. The fraction of sp³-hybridized carbons (Fsp3) is 0.318. The van der Waals surface area contributed by atoms with Gasteiger partial charge in [0.15, 0.2) is 5.78 Å². The lowest BCUT2D eigenvalue weighted by Crippen LogP contribution is -2.10. The Labute approximate surface area is 174 Å². The van der Waals surface area contributed by atoms with Crippen molar-refractivity contribution >= 4 is 17.5 Å². The van der Waals surface area contributed by atoms with Gasteiger partial charge in [0.1, 0.15) is 11.5 Å². The van der Waals surface area contributed by atoms with E-state index in [0.29, 0.717) is 28.2 Å². The van der Waals surface area contributed by atoms with Crippen molar-refractivity contribution in [2.45, 2.75) is 32.9 Å². The van der Waals surface area contributed by atoms with E-state index in [1.807, 2.05) is 27.7 Å². The highest BCUT2D eigenvalue weighted by Crippen LogP contribution is 2.34. The first-order valence-corrected chi connectivity index (χ1v) is 10.1. The van der Waals surface area contributed by atoms with Gasteiger partial charge in [-0.15, -0.1) is 10.2 Å². The van der Waals surface area contributed by atoms with E-state index in [0.717, 1.165) is 27.8 Å². The van der Waals surface area contributed by atoms with E-state index in [1.54, 1.807) is 32.4 Å². The predicted molar refractivity (Wildman–Crippen MR) is 113 cm³/mol. The molecule has 3 rings (SSSR count). The van der Waals surface area contributed by atoms with Crippen LogP contribution in [-0.2, 0) is 0 Å². The highest BCUT2D eigenvalue weighted by Gasteiger charge is 2.19. The molecule has 0 radical (unpaired) electrons. The predicted octanol–water partition coefficient (Wildman–Crippen LogP) is 4.96. The second-order valence-electron chi connectivity index (χ2n) is 6.79. The number of aromatic nitrogens is 2. The maximum absolute atomic E-state index is 12.9. The third-order valence-electron chi connectivity index (χ3n) is 5.02. The number of thioether (sulfide) groups is 1. The Morgan fingerprint density at radius 3 is 2.31 bits per heavy atom. The molecule has 0 N–H and O–H groups in total.